The number of aromatic nitrogens is 3. The van der Waals surface area contributed by atoms with E-state index in [9.17, 15) is 5.11 Å². The van der Waals surface area contributed by atoms with Crippen molar-refractivity contribution in [3.05, 3.63) is 11.9 Å². The van der Waals surface area contributed by atoms with Gasteiger partial charge < -0.3 is 5.11 Å². The molecule has 0 aliphatic heterocycles. The van der Waals surface area contributed by atoms with Crippen LogP contribution in [0, 0.1) is 5.92 Å². The predicted octanol–water partition coefficient (Wildman–Crippen LogP) is 1.55. The first-order valence-electron chi connectivity index (χ1n) is 4.62. The van der Waals surface area contributed by atoms with Crippen LogP contribution >= 0.6 is 0 Å². The van der Waals surface area contributed by atoms with Crippen molar-refractivity contribution in [3.8, 4) is 0 Å². The molecule has 0 radical (unpaired) electrons. The summed E-state index contributed by atoms with van der Waals surface area (Å²) in [5.74, 6) is 0.178. The Labute approximate surface area is 78.6 Å². The number of aliphatic hydroxyl groups excluding tert-OH is 1. The van der Waals surface area contributed by atoms with Crippen molar-refractivity contribution in [2.45, 2.75) is 39.8 Å². The normalized spacial score (nSPS) is 14.1. The molecular weight excluding hydrogens is 166 g/mol. The highest BCUT2D eigenvalue weighted by molar-refractivity contribution is 4.98. The van der Waals surface area contributed by atoms with E-state index in [-0.39, 0.29) is 5.92 Å². The summed E-state index contributed by atoms with van der Waals surface area (Å²) in [6, 6.07) is 0.292. The largest absolute Gasteiger partial charge is 0.386 e. The van der Waals surface area contributed by atoms with Gasteiger partial charge in [-0.1, -0.05) is 19.1 Å². The van der Waals surface area contributed by atoms with Gasteiger partial charge in [0.2, 0.25) is 0 Å². The zero-order chi connectivity index (χ0) is 10.0. The van der Waals surface area contributed by atoms with Crippen LogP contribution in [0.15, 0.2) is 6.20 Å². The third-order valence-electron chi connectivity index (χ3n) is 1.99. The van der Waals surface area contributed by atoms with Crippen molar-refractivity contribution in [1.29, 1.82) is 0 Å². The topological polar surface area (TPSA) is 50.9 Å². The van der Waals surface area contributed by atoms with E-state index in [2.05, 4.69) is 10.3 Å². The van der Waals surface area contributed by atoms with E-state index in [1.807, 2.05) is 27.7 Å². The van der Waals surface area contributed by atoms with Gasteiger partial charge in [-0.15, -0.1) is 5.10 Å². The SMILES string of the molecule is CC(C)C(O)c1cn(C(C)C)nn1. The monoisotopic (exact) mass is 183 g/mol. The Balaban J connectivity index is 2.79. The van der Waals surface area contributed by atoms with E-state index >= 15 is 0 Å². The Morgan fingerprint density at radius 1 is 1.31 bits per heavy atom. The van der Waals surface area contributed by atoms with Crippen LogP contribution in [-0.2, 0) is 0 Å². The molecule has 0 fully saturated rings. The Morgan fingerprint density at radius 2 is 1.92 bits per heavy atom. The summed E-state index contributed by atoms with van der Waals surface area (Å²) in [5, 5.41) is 17.5. The molecule has 0 spiro atoms. The van der Waals surface area contributed by atoms with Crippen LogP contribution in [-0.4, -0.2) is 20.1 Å². The lowest BCUT2D eigenvalue weighted by molar-refractivity contribution is 0.122. The van der Waals surface area contributed by atoms with E-state index in [0.29, 0.717) is 11.7 Å². The van der Waals surface area contributed by atoms with Crippen LogP contribution in [0.1, 0.15) is 45.5 Å². The molecule has 1 aromatic rings. The van der Waals surface area contributed by atoms with Crippen LogP contribution in [0.4, 0.5) is 0 Å². The minimum atomic E-state index is -0.507. The first-order valence-corrected chi connectivity index (χ1v) is 4.62. The van der Waals surface area contributed by atoms with Gasteiger partial charge in [-0.25, -0.2) is 4.68 Å². The van der Waals surface area contributed by atoms with Gasteiger partial charge in [-0.2, -0.15) is 0 Å². The highest BCUT2D eigenvalue weighted by Crippen LogP contribution is 2.19. The molecule has 0 aromatic carbocycles. The minimum absolute atomic E-state index is 0.178. The lowest BCUT2D eigenvalue weighted by Gasteiger charge is -2.10. The van der Waals surface area contributed by atoms with Crippen molar-refractivity contribution in [1.82, 2.24) is 15.0 Å². The average Bonchev–Trinajstić information content (AvgIpc) is 2.50. The second-order valence-corrected chi connectivity index (χ2v) is 3.91. The average molecular weight is 183 g/mol. The summed E-state index contributed by atoms with van der Waals surface area (Å²) in [4.78, 5) is 0. The van der Waals surface area contributed by atoms with Crippen LogP contribution < -0.4 is 0 Å². The fourth-order valence-electron chi connectivity index (χ4n) is 1.02. The Hall–Kier alpha value is -0.900. The quantitative estimate of drug-likeness (QED) is 0.773. The number of rotatable bonds is 3. The Kier molecular flexibility index (Phi) is 3.03. The van der Waals surface area contributed by atoms with E-state index in [0.717, 1.165) is 0 Å². The van der Waals surface area contributed by atoms with Crippen molar-refractivity contribution in [2.75, 3.05) is 0 Å². The first-order chi connectivity index (χ1) is 6.02. The molecule has 1 rings (SSSR count). The molecule has 0 amide bonds. The predicted molar refractivity (Wildman–Crippen MR) is 50.2 cm³/mol. The number of hydrogen-bond donors (Lipinski definition) is 1. The highest BCUT2D eigenvalue weighted by Gasteiger charge is 2.16. The number of aliphatic hydroxyl groups is 1. The molecule has 1 unspecified atom stereocenters. The molecule has 1 N–H and O–H groups in total. The molecule has 0 saturated heterocycles. The van der Waals surface area contributed by atoms with Gasteiger partial charge in [0.25, 0.3) is 0 Å². The van der Waals surface area contributed by atoms with Crippen molar-refractivity contribution in [2.24, 2.45) is 5.92 Å². The maximum atomic E-state index is 9.68. The molecule has 1 heterocycles. The third kappa shape index (κ3) is 2.28. The zero-order valence-corrected chi connectivity index (χ0v) is 8.60. The van der Waals surface area contributed by atoms with Crippen LogP contribution in [0.5, 0.6) is 0 Å². The van der Waals surface area contributed by atoms with Gasteiger partial charge in [-0.05, 0) is 19.8 Å². The second kappa shape index (κ2) is 3.87. The molecule has 0 aliphatic carbocycles. The summed E-state index contributed by atoms with van der Waals surface area (Å²) in [6.07, 6.45) is 1.29. The van der Waals surface area contributed by atoms with Gasteiger partial charge in [0.05, 0.1) is 6.20 Å². The molecule has 0 aliphatic rings. The molecule has 4 nitrogen and oxygen atoms in total. The fraction of sp³-hybridized carbons (Fsp3) is 0.778. The van der Waals surface area contributed by atoms with E-state index in [4.69, 9.17) is 0 Å². The summed E-state index contributed by atoms with van der Waals surface area (Å²) < 4.78 is 1.75. The van der Waals surface area contributed by atoms with E-state index < -0.39 is 6.10 Å². The zero-order valence-electron chi connectivity index (χ0n) is 8.60. The minimum Gasteiger partial charge on any atom is -0.386 e. The summed E-state index contributed by atoms with van der Waals surface area (Å²) in [7, 11) is 0. The summed E-state index contributed by atoms with van der Waals surface area (Å²) in [5.41, 5.74) is 0.656. The Morgan fingerprint density at radius 3 is 2.31 bits per heavy atom. The molecular formula is C9H17N3O. The fourth-order valence-corrected chi connectivity index (χ4v) is 1.02. The highest BCUT2D eigenvalue weighted by atomic mass is 16.3. The lowest BCUT2D eigenvalue weighted by Crippen LogP contribution is -2.05. The van der Waals surface area contributed by atoms with E-state index in [1.165, 1.54) is 0 Å². The third-order valence-corrected chi connectivity index (χ3v) is 1.99. The molecule has 13 heavy (non-hydrogen) atoms. The van der Waals surface area contributed by atoms with Crippen LogP contribution in [0.25, 0.3) is 0 Å². The number of hydrogen-bond acceptors (Lipinski definition) is 3. The van der Waals surface area contributed by atoms with Gasteiger partial charge in [0.1, 0.15) is 11.8 Å². The molecule has 0 saturated carbocycles. The lowest BCUT2D eigenvalue weighted by atomic mass is 10.1. The first kappa shape index (κ1) is 10.2. The van der Waals surface area contributed by atoms with Gasteiger partial charge >= 0.3 is 0 Å². The molecule has 0 bridgehead atoms. The van der Waals surface area contributed by atoms with Crippen molar-refractivity contribution in [3.63, 3.8) is 0 Å². The van der Waals surface area contributed by atoms with E-state index in [1.54, 1.807) is 10.9 Å². The molecule has 74 valence electrons. The van der Waals surface area contributed by atoms with Gasteiger partial charge in [0, 0.05) is 6.04 Å². The Bertz CT molecular complexity index is 268. The standard InChI is InChI=1S/C9H17N3O/c1-6(2)9(13)8-5-12(7(3)4)11-10-8/h5-7,9,13H,1-4H3. The van der Waals surface area contributed by atoms with Gasteiger partial charge in [0.15, 0.2) is 0 Å². The molecule has 4 heteroatoms. The molecule has 1 aromatic heterocycles. The van der Waals surface area contributed by atoms with Crippen molar-refractivity contribution < 1.29 is 5.11 Å². The van der Waals surface area contributed by atoms with Crippen LogP contribution in [0.2, 0.25) is 0 Å². The van der Waals surface area contributed by atoms with Crippen molar-refractivity contribution >= 4 is 0 Å². The second-order valence-electron chi connectivity index (χ2n) is 3.91. The smallest absolute Gasteiger partial charge is 0.111 e. The summed E-state index contributed by atoms with van der Waals surface area (Å²) in [6.45, 7) is 7.97. The maximum Gasteiger partial charge on any atom is 0.111 e. The maximum absolute atomic E-state index is 9.68. The van der Waals surface area contributed by atoms with Crippen LogP contribution in [0.3, 0.4) is 0 Å². The number of nitrogens with zero attached hydrogens (tertiary/aromatic N) is 3. The molecule has 1 atom stereocenters. The van der Waals surface area contributed by atoms with Gasteiger partial charge in [-0.3, -0.25) is 0 Å². The summed E-state index contributed by atoms with van der Waals surface area (Å²) >= 11 is 0.